The highest BCUT2D eigenvalue weighted by atomic mass is 32.2. The number of aromatic nitrogens is 2. The standard InChI is InChI=1S/C18H30N4O2S/c1-18(2,3)16-5-6-17(20-19-16)22-12-15(13-22)21(4)11-14-7-9-25(23,24)10-8-14/h5-6,14-15H,7-13H2,1-4H3. The normalized spacial score (nSPS) is 22.2. The lowest BCUT2D eigenvalue weighted by Crippen LogP contribution is -2.59. The molecule has 3 heterocycles. The van der Waals surface area contributed by atoms with Crippen LogP contribution in [0.4, 0.5) is 5.82 Å². The molecule has 25 heavy (non-hydrogen) atoms. The molecule has 0 amide bonds. The molecular formula is C18H30N4O2S. The van der Waals surface area contributed by atoms with Crippen molar-refractivity contribution >= 4 is 15.7 Å². The zero-order chi connectivity index (χ0) is 18.2. The molecule has 0 atom stereocenters. The molecule has 2 saturated heterocycles. The van der Waals surface area contributed by atoms with Crippen molar-refractivity contribution in [2.45, 2.75) is 45.1 Å². The predicted octanol–water partition coefficient (Wildman–Crippen LogP) is 1.72. The summed E-state index contributed by atoms with van der Waals surface area (Å²) >= 11 is 0. The Kier molecular flexibility index (Phi) is 5.08. The van der Waals surface area contributed by atoms with E-state index in [0.29, 0.717) is 23.5 Å². The summed E-state index contributed by atoms with van der Waals surface area (Å²) in [7, 11) is -0.612. The van der Waals surface area contributed by atoms with Gasteiger partial charge in [0.1, 0.15) is 9.84 Å². The van der Waals surface area contributed by atoms with Gasteiger partial charge in [-0.2, -0.15) is 5.10 Å². The van der Waals surface area contributed by atoms with Crippen LogP contribution in [0.5, 0.6) is 0 Å². The monoisotopic (exact) mass is 366 g/mol. The summed E-state index contributed by atoms with van der Waals surface area (Å²) in [6.45, 7) is 9.34. The van der Waals surface area contributed by atoms with Crippen molar-refractivity contribution in [3.63, 3.8) is 0 Å². The molecule has 0 radical (unpaired) electrons. The molecule has 0 N–H and O–H groups in total. The summed E-state index contributed by atoms with van der Waals surface area (Å²) in [5, 5.41) is 8.75. The van der Waals surface area contributed by atoms with Crippen LogP contribution >= 0.6 is 0 Å². The quantitative estimate of drug-likeness (QED) is 0.808. The number of likely N-dealkylation sites (N-methyl/N-ethyl adjacent to an activating group) is 1. The minimum absolute atomic E-state index is 0.0245. The molecule has 2 aliphatic rings. The van der Waals surface area contributed by atoms with Crippen LogP contribution in [0.25, 0.3) is 0 Å². The maximum Gasteiger partial charge on any atom is 0.151 e. The van der Waals surface area contributed by atoms with Gasteiger partial charge in [-0.05, 0) is 37.9 Å². The van der Waals surface area contributed by atoms with Crippen molar-refractivity contribution < 1.29 is 8.42 Å². The Morgan fingerprint density at radius 3 is 2.32 bits per heavy atom. The second kappa shape index (κ2) is 6.83. The second-order valence-electron chi connectivity index (χ2n) is 8.62. The molecule has 1 aromatic heterocycles. The van der Waals surface area contributed by atoms with Crippen LogP contribution in [0, 0.1) is 5.92 Å². The van der Waals surface area contributed by atoms with Gasteiger partial charge in [0.25, 0.3) is 0 Å². The zero-order valence-electron chi connectivity index (χ0n) is 15.8. The molecule has 6 nitrogen and oxygen atoms in total. The molecule has 0 bridgehead atoms. The summed E-state index contributed by atoms with van der Waals surface area (Å²) in [5.41, 5.74) is 1.04. The third-order valence-corrected chi connectivity index (χ3v) is 7.16. The number of sulfone groups is 1. The van der Waals surface area contributed by atoms with E-state index < -0.39 is 9.84 Å². The van der Waals surface area contributed by atoms with E-state index in [2.05, 4.69) is 59.9 Å². The summed E-state index contributed by atoms with van der Waals surface area (Å²) in [6, 6.07) is 4.65. The lowest BCUT2D eigenvalue weighted by Gasteiger charge is -2.45. The van der Waals surface area contributed by atoms with Gasteiger partial charge in [0, 0.05) is 31.1 Å². The largest absolute Gasteiger partial charge is 0.352 e. The lowest BCUT2D eigenvalue weighted by molar-refractivity contribution is 0.171. The Morgan fingerprint density at radius 2 is 1.80 bits per heavy atom. The summed E-state index contributed by atoms with van der Waals surface area (Å²) in [4.78, 5) is 4.64. The molecule has 140 valence electrons. The topological polar surface area (TPSA) is 66.4 Å². The fourth-order valence-corrected chi connectivity index (χ4v) is 5.08. The van der Waals surface area contributed by atoms with Gasteiger partial charge >= 0.3 is 0 Å². The first-order valence-electron chi connectivity index (χ1n) is 9.14. The van der Waals surface area contributed by atoms with Crippen LogP contribution in [-0.4, -0.2) is 67.7 Å². The van der Waals surface area contributed by atoms with E-state index in [0.717, 1.165) is 44.0 Å². The van der Waals surface area contributed by atoms with Crippen LogP contribution in [0.2, 0.25) is 0 Å². The second-order valence-corrected chi connectivity index (χ2v) is 10.9. The van der Waals surface area contributed by atoms with Gasteiger partial charge in [0.15, 0.2) is 5.82 Å². The maximum atomic E-state index is 11.5. The summed E-state index contributed by atoms with van der Waals surface area (Å²) in [6.07, 6.45) is 1.62. The molecule has 0 saturated carbocycles. The third-order valence-electron chi connectivity index (χ3n) is 5.45. The lowest BCUT2D eigenvalue weighted by atomic mass is 9.92. The number of hydrogen-bond acceptors (Lipinski definition) is 6. The van der Waals surface area contributed by atoms with Gasteiger partial charge < -0.3 is 4.90 Å². The molecule has 0 unspecified atom stereocenters. The zero-order valence-corrected chi connectivity index (χ0v) is 16.6. The average Bonchev–Trinajstić information content (AvgIpc) is 2.48. The van der Waals surface area contributed by atoms with E-state index in [1.54, 1.807) is 0 Å². The number of rotatable bonds is 4. The minimum Gasteiger partial charge on any atom is -0.352 e. The Labute approximate surface area is 151 Å². The van der Waals surface area contributed by atoms with E-state index in [1.807, 2.05) is 0 Å². The first-order valence-corrected chi connectivity index (χ1v) is 11.0. The van der Waals surface area contributed by atoms with Gasteiger partial charge in [-0.25, -0.2) is 8.42 Å². The van der Waals surface area contributed by atoms with Crippen molar-refractivity contribution in [1.82, 2.24) is 15.1 Å². The molecule has 2 aliphatic heterocycles. The molecule has 0 aromatic carbocycles. The van der Waals surface area contributed by atoms with Crippen LogP contribution in [-0.2, 0) is 15.3 Å². The first kappa shape index (κ1) is 18.6. The molecule has 7 heteroatoms. The van der Waals surface area contributed by atoms with Crippen LogP contribution in [0.3, 0.4) is 0 Å². The predicted molar refractivity (Wildman–Crippen MR) is 101 cm³/mol. The number of anilines is 1. The van der Waals surface area contributed by atoms with E-state index >= 15 is 0 Å². The Hall–Kier alpha value is -1.21. The smallest absolute Gasteiger partial charge is 0.151 e. The van der Waals surface area contributed by atoms with E-state index in [4.69, 9.17) is 0 Å². The van der Waals surface area contributed by atoms with Crippen molar-refractivity contribution in [1.29, 1.82) is 0 Å². The Balaban J connectivity index is 1.47. The molecule has 3 rings (SSSR count). The molecule has 0 spiro atoms. The summed E-state index contributed by atoms with van der Waals surface area (Å²) < 4.78 is 23.1. The Morgan fingerprint density at radius 1 is 1.16 bits per heavy atom. The highest BCUT2D eigenvalue weighted by Gasteiger charge is 2.33. The highest BCUT2D eigenvalue weighted by molar-refractivity contribution is 7.91. The van der Waals surface area contributed by atoms with Crippen molar-refractivity contribution in [2.24, 2.45) is 5.92 Å². The van der Waals surface area contributed by atoms with Gasteiger partial charge in [0.2, 0.25) is 0 Å². The van der Waals surface area contributed by atoms with Crippen molar-refractivity contribution in [3.05, 3.63) is 17.8 Å². The summed E-state index contributed by atoms with van der Waals surface area (Å²) in [5.74, 6) is 2.17. The van der Waals surface area contributed by atoms with Crippen molar-refractivity contribution in [3.8, 4) is 0 Å². The van der Waals surface area contributed by atoms with Gasteiger partial charge in [0.05, 0.1) is 17.2 Å². The number of nitrogens with zero attached hydrogens (tertiary/aromatic N) is 4. The SMILES string of the molecule is CN(CC1CCS(=O)(=O)CC1)C1CN(c2ccc(C(C)(C)C)nn2)C1. The van der Waals surface area contributed by atoms with E-state index in [-0.39, 0.29) is 5.41 Å². The fraction of sp³-hybridized carbons (Fsp3) is 0.778. The number of hydrogen-bond donors (Lipinski definition) is 0. The van der Waals surface area contributed by atoms with Crippen LogP contribution in [0.15, 0.2) is 12.1 Å². The molecule has 1 aromatic rings. The van der Waals surface area contributed by atoms with Gasteiger partial charge in [-0.1, -0.05) is 20.8 Å². The Bertz CT molecular complexity index is 677. The van der Waals surface area contributed by atoms with Crippen molar-refractivity contribution in [2.75, 3.05) is 43.1 Å². The average molecular weight is 367 g/mol. The third kappa shape index (κ3) is 4.50. The molecule has 2 fully saturated rings. The molecular weight excluding hydrogens is 336 g/mol. The van der Waals surface area contributed by atoms with Gasteiger partial charge in [-0.15, -0.1) is 5.10 Å². The van der Waals surface area contributed by atoms with Gasteiger partial charge in [-0.3, -0.25) is 4.90 Å². The van der Waals surface area contributed by atoms with E-state index in [1.165, 1.54) is 0 Å². The fourth-order valence-electron chi connectivity index (χ4n) is 3.49. The van der Waals surface area contributed by atoms with Crippen LogP contribution in [0.1, 0.15) is 39.3 Å². The maximum absolute atomic E-state index is 11.5. The molecule has 0 aliphatic carbocycles. The van der Waals surface area contributed by atoms with Crippen LogP contribution < -0.4 is 4.90 Å². The highest BCUT2D eigenvalue weighted by Crippen LogP contribution is 2.26. The minimum atomic E-state index is -2.76. The first-order chi connectivity index (χ1) is 11.6. The van der Waals surface area contributed by atoms with E-state index in [9.17, 15) is 8.42 Å².